The molecule has 0 bridgehead atoms. The first-order valence-corrected chi connectivity index (χ1v) is 4.83. The number of aromatic carboxylic acids is 1. The van der Waals surface area contributed by atoms with Crippen molar-refractivity contribution in [3.8, 4) is 0 Å². The van der Waals surface area contributed by atoms with Gasteiger partial charge in [0.15, 0.2) is 11.3 Å². The Kier molecular flexibility index (Phi) is 2.32. The molecule has 0 spiro atoms. The molecule has 2 aromatic heterocycles. The molecular weight excluding hydrogens is 239 g/mol. The third-order valence-corrected chi connectivity index (χ3v) is 2.79. The Bertz CT molecular complexity index is 563. The van der Waals surface area contributed by atoms with Crippen molar-refractivity contribution >= 4 is 34.8 Å². The second kappa shape index (κ2) is 3.40. The third kappa shape index (κ3) is 1.46. The van der Waals surface area contributed by atoms with E-state index in [1.807, 2.05) is 0 Å². The van der Waals surface area contributed by atoms with Gasteiger partial charge in [0.25, 0.3) is 0 Å². The van der Waals surface area contributed by atoms with Crippen LogP contribution in [0.25, 0.3) is 5.65 Å². The van der Waals surface area contributed by atoms with Crippen LogP contribution in [-0.4, -0.2) is 20.5 Å². The van der Waals surface area contributed by atoms with Gasteiger partial charge >= 0.3 is 5.97 Å². The van der Waals surface area contributed by atoms with Gasteiger partial charge < -0.3 is 5.11 Å². The van der Waals surface area contributed by atoms with Gasteiger partial charge in [-0.05, 0) is 13.0 Å². The molecule has 2 aromatic rings. The average Bonchev–Trinajstić information content (AvgIpc) is 2.58. The van der Waals surface area contributed by atoms with Crippen molar-refractivity contribution < 1.29 is 9.90 Å². The molecule has 0 aromatic carbocycles. The number of aryl methyl sites for hydroxylation is 1. The largest absolute Gasteiger partial charge is 0.477 e. The Morgan fingerprint density at radius 2 is 2.13 bits per heavy atom. The number of pyridine rings is 1. The molecule has 2 rings (SSSR count). The molecule has 0 aliphatic rings. The number of hydrogen-bond acceptors (Lipinski definition) is 2. The molecule has 0 unspecified atom stereocenters. The zero-order chi connectivity index (χ0) is 11.2. The minimum absolute atomic E-state index is 0.0481. The number of aromatic nitrogens is 2. The number of rotatable bonds is 1. The number of carboxylic acid groups (broad SMARTS) is 1. The summed E-state index contributed by atoms with van der Waals surface area (Å²) in [6, 6.07) is 1.55. The van der Waals surface area contributed by atoms with Crippen molar-refractivity contribution in [1.29, 1.82) is 0 Å². The number of carboxylic acids is 1. The standard InChI is InChI=1S/C9H6Cl2N2O2/c1-4-5(10)2-6(11)8-12-3-7(9(14)15)13(4)8/h2-3H,1H3,(H,14,15). The summed E-state index contributed by atoms with van der Waals surface area (Å²) in [5.41, 5.74) is 1.05. The molecule has 2 heterocycles. The molecule has 0 saturated heterocycles. The average molecular weight is 245 g/mol. The highest BCUT2D eigenvalue weighted by atomic mass is 35.5. The molecule has 0 aliphatic heterocycles. The summed E-state index contributed by atoms with van der Waals surface area (Å²) in [4.78, 5) is 14.8. The molecule has 0 radical (unpaired) electrons. The van der Waals surface area contributed by atoms with E-state index in [0.717, 1.165) is 0 Å². The van der Waals surface area contributed by atoms with Gasteiger partial charge in [0, 0.05) is 5.69 Å². The molecule has 0 atom stereocenters. The summed E-state index contributed by atoms with van der Waals surface area (Å²) in [5, 5.41) is 9.67. The second-order valence-corrected chi connectivity index (χ2v) is 3.85. The van der Waals surface area contributed by atoms with E-state index >= 15 is 0 Å². The van der Waals surface area contributed by atoms with Crippen LogP contribution < -0.4 is 0 Å². The number of hydrogen-bond donors (Lipinski definition) is 1. The van der Waals surface area contributed by atoms with Crippen molar-refractivity contribution in [3.63, 3.8) is 0 Å². The molecule has 4 nitrogen and oxygen atoms in total. The van der Waals surface area contributed by atoms with Crippen LogP contribution in [0.1, 0.15) is 16.2 Å². The van der Waals surface area contributed by atoms with Gasteiger partial charge in [-0.1, -0.05) is 23.2 Å². The van der Waals surface area contributed by atoms with Crippen LogP contribution in [-0.2, 0) is 0 Å². The first kappa shape index (κ1) is 10.3. The minimum Gasteiger partial charge on any atom is -0.477 e. The zero-order valence-corrected chi connectivity index (χ0v) is 9.17. The topological polar surface area (TPSA) is 54.6 Å². The molecule has 78 valence electrons. The number of fused-ring (bicyclic) bond motifs is 1. The van der Waals surface area contributed by atoms with E-state index in [1.54, 1.807) is 13.0 Å². The predicted molar refractivity (Wildman–Crippen MR) is 56.9 cm³/mol. The van der Waals surface area contributed by atoms with E-state index in [-0.39, 0.29) is 5.69 Å². The number of imidazole rings is 1. The van der Waals surface area contributed by atoms with Crippen LogP contribution in [0.2, 0.25) is 10.0 Å². The first-order valence-electron chi connectivity index (χ1n) is 4.07. The maximum absolute atomic E-state index is 10.9. The van der Waals surface area contributed by atoms with Crippen LogP contribution in [0.3, 0.4) is 0 Å². The van der Waals surface area contributed by atoms with E-state index in [9.17, 15) is 4.79 Å². The summed E-state index contributed by atoms with van der Waals surface area (Å²) in [7, 11) is 0. The van der Waals surface area contributed by atoms with Crippen LogP contribution in [0.4, 0.5) is 0 Å². The highest BCUT2D eigenvalue weighted by molar-refractivity contribution is 6.36. The van der Waals surface area contributed by atoms with Crippen LogP contribution >= 0.6 is 23.2 Å². The van der Waals surface area contributed by atoms with Crippen molar-refractivity contribution in [2.24, 2.45) is 0 Å². The molecule has 0 fully saturated rings. The third-order valence-electron chi connectivity index (χ3n) is 2.13. The predicted octanol–water partition coefficient (Wildman–Crippen LogP) is 2.65. The van der Waals surface area contributed by atoms with Crippen molar-refractivity contribution in [3.05, 3.63) is 33.7 Å². The highest BCUT2D eigenvalue weighted by Gasteiger charge is 2.15. The Balaban J connectivity index is 2.95. The fraction of sp³-hybridized carbons (Fsp3) is 0.111. The minimum atomic E-state index is -1.07. The second-order valence-electron chi connectivity index (χ2n) is 3.03. The lowest BCUT2D eigenvalue weighted by Crippen LogP contribution is -2.04. The Morgan fingerprint density at radius 3 is 2.73 bits per heavy atom. The van der Waals surface area contributed by atoms with Gasteiger partial charge in [0.2, 0.25) is 0 Å². The monoisotopic (exact) mass is 244 g/mol. The van der Waals surface area contributed by atoms with Gasteiger partial charge in [0.05, 0.1) is 16.2 Å². The van der Waals surface area contributed by atoms with Crippen molar-refractivity contribution in [1.82, 2.24) is 9.38 Å². The maximum atomic E-state index is 10.9. The molecule has 0 saturated carbocycles. The summed E-state index contributed by atoms with van der Waals surface area (Å²) >= 11 is 11.8. The lowest BCUT2D eigenvalue weighted by atomic mass is 10.3. The lowest BCUT2D eigenvalue weighted by molar-refractivity contribution is 0.0689. The molecule has 0 amide bonds. The number of carbonyl (C=O) groups is 1. The highest BCUT2D eigenvalue weighted by Crippen LogP contribution is 2.26. The Hall–Kier alpha value is -1.26. The normalized spacial score (nSPS) is 10.9. The molecule has 0 aliphatic carbocycles. The van der Waals surface area contributed by atoms with E-state index in [1.165, 1.54) is 10.6 Å². The Morgan fingerprint density at radius 1 is 1.47 bits per heavy atom. The van der Waals surface area contributed by atoms with E-state index in [0.29, 0.717) is 21.4 Å². The fourth-order valence-corrected chi connectivity index (χ4v) is 1.89. The molecule has 1 N–H and O–H groups in total. The quantitative estimate of drug-likeness (QED) is 0.840. The van der Waals surface area contributed by atoms with Gasteiger partial charge in [-0.2, -0.15) is 0 Å². The molecular formula is C9H6Cl2N2O2. The smallest absolute Gasteiger partial charge is 0.354 e. The maximum Gasteiger partial charge on any atom is 0.354 e. The number of halogens is 2. The van der Waals surface area contributed by atoms with Gasteiger partial charge in [-0.3, -0.25) is 4.40 Å². The lowest BCUT2D eigenvalue weighted by Gasteiger charge is -2.05. The first-order chi connectivity index (χ1) is 7.02. The molecule has 15 heavy (non-hydrogen) atoms. The summed E-state index contributed by atoms with van der Waals surface area (Å²) in [6.45, 7) is 1.71. The van der Waals surface area contributed by atoms with Gasteiger partial charge in [-0.25, -0.2) is 9.78 Å². The fourth-order valence-electron chi connectivity index (χ4n) is 1.40. The zero-order valence-electron chi connectivity index (χ0n) is 7.66. The van der Waals surface area contributed by atoms with Crippen LogP contribution in [0, 0.1) is 6.92 Å². The summed E-state index contributed by atoms with van der Waals surface area (Å²) in [6.07, 6.45) is 1.26. The van der Waals surface area contributed by atoms with E-state index in [2.05, 4.69) is 4.98 Å². The van der Waals surface area contributed by atoms with Crippen molar-refractivity contribution in [2.75, 3.05) is 0 Å². The van der Waals surface area contributed by atoms with E-state index < -0.39 is 5.97 Å². The van der Waals surface area contributed by atoms with E-state index in [4.69, 9.17) is 28.3 Å². The van der Waals surface area contributed by atoms with Gasteiger partial charge in [0.1, 0.15) is 0 Å². The molecule has 6 heteroatoms. The SMILES string of the molecule is Cc1c(Cl)cc(Cl)c2ncc(C(=O)O)n12. The van der Waals surface area contributed by atoms with Crippen LogP contribution in [0.15, 0.2) is 12.3 Å². The van der Waals surface area contributed by atoms with Crippen LogP contribution in [0.5, 0.6) is 0 Å². The van der Waals surface area contributed by atoms with Gasteiger partial charge in [-0.15, -0.1) is 0 Å². The Labute approximate surface area is 95.1 Å². The summed E-state index contributed by atoms with van der Waals surface area (Å²) < 4.78 is 1.42. The van der Waals surface area contributed by atoms with Crippen molar-refractivity contribution in [2.45, 2.75) is 6.92 Å². The summed E-state index contributed by atoms with van der Waals surface area (Å²) in [5.74, 6) is -1.07. The number of nitrogens with zero attached hydrogens (tertiary/aromatic N) is 2.